The van der Waals surface area contributed by atoms with E-state index in [2.05, 4.69) is 4.98 Å². The Morgan fingerprint density at radius 2 is 2.22 bits per heavy atom. The number of sulfonamides is 1. The Hall–Kier alpha value is -1.45. The number of nitriles is 1. The van der Waals surface area contributed by atoms with Crippen LogP contribution in [-0.2, 0) is 10.0 Å². The van der Waals surface area contributed by atoms with Gasteiger partial charge in [0.1, 0.15) is 16.7 Å². The fourth-order valence-electron chi connectivity index (χ4n) is 1.92. The summed E-state index contributed by atoms with van der Waals surface area (Å²) in [5, 5.41) is 8.63. The van der Waals surface area contributed by atoms with E-state index in [4.69, 9.17) is 5.26 Å². The highest BCUT2D eigenvalue weighted by Crippen LogP contribution is 2.28. The van der Waals surface area contributed by atoms with Gasteiger partial charge in [-0.3, -0.25) is 0 Å². The van der Waals surface area contributed by atoms with Gasteiger partial charge in [0, 0.05) is 19.8 Å². The first kappa shape index (κ1) is 13.0. The van der Waals surface area contributed by atoms with Gasteiger partial charge in [0.2, 0.25) is 10.0 Å². The quantitative estimate of drug-likeness (QED) is 0.824. The number of nitrogens with zero attached hydrogens (tertiary/aromatic N) is 3. The minimum absolute atomic E-state index is 0.142. The third-order valence-corrected chi connectivity index (χ3v) is 5.11. The molecule has 96 valence electrons. The topological polar surface area (TPSA) is 74.1 Å². The first-order valence-electron chi connectivity index (χ1n) is 5.86. The summed E-state index contributed by atoms with van der Waals surface area (Å²) in [6, 6.07) is 4.72. The molecule has 0 N–H and O–H groups in total. The molecule has 18 heavy (non-hydrogen) atoms. The third-order valence-electron chi connectivity index (χ3n) is 3.30. The summed E-state index contributed by atoms with van der Waals surface area (Å²) in [5.41, 5.74) is 0.218. The molecule has 0 amide bonds. The number of aromatic nitrogens is 1. The Morgan fingerprint density at radius 3 is 2.67 bits per heavy atom. The van der Waals surface area contributed by atoms with Crippen molar-refractivity contribution in [2.45, 2.75) is 24.2 Å². The van der Waals surface area contributed by atoms with Gasteiger partial charge in [-0.25, -0.2) is 17.7 Å². The van der Waals surface area contributed by atoms with Gasteiger partial charge >= 0.3 is 0 Å². The van der Waals surface area contributed by atoms with Crippen molar-refractivity contribution in [3.8, 4) is 6.07 Å². The van der Waals surface area contributed by atoms with Gasteiger partial charge in [-0.2, -0.15) is 5.26 Å². The van der Waals surface area contributed by atoms with Gasteiger partial charge < -0.3 is 0 Å². The van der Waals surface area contributed by atoms with Crippen LogP contribution in [0.4, 0.5) is 0 Å². The summed E-state index contributed by atoms with van der Waals surface area (Å²) < 4.78 is 25.8. The summed E-state index contributed by atoms with van der Waals surface area (Å²) in [5.74, 6) is 0.483. The molecule has 0 radical (unpaired) electrons. The molecular formula is C12H15N3O2S. The van der Waals surface area contributed by atoms with E-state index in [1.54, 1.807) is 7.05 Å². The number of hydrogen-bond donors (Lipinski definition) is 0. The molecule has 1 saturated carbocycles. The maximum Gasteiger partial charge on any atom is 0.244 e. The predicted molar refractivity (Wildman–Crippen MR) is 66.1 cm³/mol. The van der Waals surface area contributed by atoms with Crippen LogP contribution in [0.5, 0.6) is 0 Å². The fraction of sp³-hybridized carbons (Fsp3) is 0.500. The number of rotatable bonds is 4. The lowest BCUT2D eigenvalue weighted by Crippen LogP contribution is -2.34. The van der Waals surface area contributed by atoms with E-state index in [1.165, 1.54) is 29.1 Å². The molecule has 0 aliphatic heterocycles. The van der Waals surface area contributed by atoms with Crippen molar-refractivity contribution < 1.29 is 8.42 Å². The smallest absolute Gasteiger partial charge is 0.244 e. The largest absolute Gasteiger partial charge is 0.244 e. The van der Waals surface area contributed by atoms with Crippen LogP contribution in [0.25, 0.3) is 0 Å². The highest BCUT2D eigenvalue weighted by Gasteiger charge is 2.26. The van der Waals surface area contributed by atoms with Crippen LogP contribution in [-0.4, -0.2) is 31.3 Å². The Labute approximate surface area is 107 Å². The molecule has 0 spiro atoms. The van der Waals surface area contributed by atoms with Crippen molar-refractivity contribution in [2.75, 3.05) is 13.6 Å². The second-order valence-corrected chi connectivity index (χ2v) is 6.62. The van der Waals surface area contributed by atoms with Crippen molar-refractivity contribution >= 4 is 10.0 Å². The van der Waals surface area contributed by atoms with Crippen molar-refractivity contribution in [2.24, 2.45) is 5.92 Å². The molecule has 1 aliphatic carbocycles. The molecule has 0 aromatic carbocycles. The SMILES string of the molecule is CN(CC1CCC1)S(=O)(=O)c1ccc(C#N)nc1. The molecule has 0 bridgehead atoms. The zero-order valence-corrected chi connectivity index (χ0v) is 11.0. The van der Waals surface area contributed by atoms with Crippen LogP contribution in [0.15, 0.2) is 23.2 Å². The van der Waals surface area contributed by atoms with E-state index in [0.717, 1.165) is 12.8 Å². The molecule has 6 heteroatoms. The van der Waals surface area contributed by atoms with Gasteiger partial charge in [0.25, 0.3) is 0 Å². The summed E-state index contributed by atoms with van der Waals surface area (Å²) >= 11 is 0. The van der Waals surface area contributed by atoms with Crippen molar-refractivity contribution in [1.82, 2.24) is 9.29 Å². The highest BCUT2D eigenvalue weighted by atomic mass is 32.2. The second kappa shape index (κ2) is 5.04. The first-order valence-corrected chi connectivity index (χ1v) is 7.30. The molecule has 0 unspecified atom stereocenters. The molecule has 5 nitrogen and oxygen atoms in total. The molecular weight excluding hydrogens is 250 g/mol. The molecule has 1 heterocycles. The molecule has 1 aromatic rings. The van der Waals surface area contributed by atoms with Crippen LogP contribution < -0.4 is 0 Å². The van der Waals surface area contributed by atoms with Crippen molar-refractivity contribution in [3.05, 3.63) is 24.0 Å². The summed E-state index contributed by atoms with van der Waals surface area (Å²) in [6.45, 7) is 0.558. The average Bonchev–Trinajstić information content (AvgIpc) is 2.33. The van der Waals surface area contributed by atoms with Gasteiger partial charge in [-0.15, -0.1) is 0 Å². The highest BCUT2D eigenvalue weighted by molar-refractivity contribution is 7.89. The standard InChI is InChI=1S/C12H15N3O2S/c1-15(9-10-3-2-4-10)18(16,17)12-6-5-11(7-13)14-8-12/h5-6,8,10H,2-4,9H2,1H3. The first-order chi connectivity index (χ1) is 8.54. The van der Waals surface area contributed by atoms with Gasteiger partial charge in [0.05, 0.1) is 0 Å². The van der Waals surface area contributed by atoms with E-state index in [1.807, 2.05) is 6.07 Å². The zero-order chi connectivity index (χ0) is 13.2. The van der Waals surface area contributed by atoms with E-state index in [9.17, 15) is 8.42 Å². The van der Waals surface area contributed by atoms with E-state index in [0.29, 0.717) is 12.5 Å². The molecule has 1 fully saturated rings. The van der Waals surface area contributed by atoms with Gasteiger partial charge in [-0.05, 0) is 30.9 Å². The van der Waals surface area contributed by atoms with Crippen LogP contribution in [0, 0.1) is 17.2 Å². The minimum Gasteiger partial charge on any atom is -0.244 e. The number of pyridine rings is 1. The van der Waals surface area contributed by atoms with Crippen LogP contribution in [0.3, 0.4) is 0 Å². The molecule has 0 atom stereocenters. The maximum absolute atomic E-state index is 12.2. The molecule has 2 rings (SSSR count). The lowest BCUT2D eigenvalue weighted by molar-refractivity contribution is 0.263. The van der Waals surface area contributed by atoms with Crippen molar-refractivity contribution in [3.63, 3.8) is 0 Å². The lowest BCUT2D eigenvalue weighted by Gasteiger charge is -2.29. The second-order valence-electron chi connectivity index (χ2n) is 4.57. The predicted octanol–water partition coefficient (Wildman–Crippen LogP) is 1.37. The van der Waals surface area contributed by atoms with Gasteiger partial charge in [0.15, 0.2) is 0 Å². The van der Waals surface area contributed by atoms with Crippen LogP contribution >= 0.6 is 0 Å². The van der Waals surface area contributed by atoms with E-state index in [-0.39, 0.29) is 10.6 Å². The minimum atomic E-state index is -3.47. The van der Waals surface area contributed by atoms with Crippen LogP contribution in [0.1, 0.15) is 25.0 Å². The Bertz CT molecular complexity index is 556. The average molecular weight is 265 g/mol. The fourth-order valence-corrected chi connectivity index (χ4v) is 3.11. The maximum atomic E-state index is 12.2. The zero-order valence-electron chi connectivity index (χ0n) is 10.2. The Morgan fingerprint density at radius 1 is 1.50 bits per heavy atom. The Balaban J connectivity index is 2.15. The summed E-state index contributed by atoms with van der Waals surface area (Å²) in [6.07, 6.45) is 4.64. The summed E-state index contributed by atoms with van der Waals surface area (Å²) in [7, 11) is -1.88. The molecule has 1 aromatic heterocycles. The van der Waals surface area contributed by atoms with Gasteiger partial charge in [-0.1, -0.05) is 6.42 Å². The molecule has 1 aliphatic rings. The van der Waals surface area contributed by atoms with E-state index >= 15 is 0 Å². The monoisotopic (exact) mass is 265 g/mol. The normalized spacial score (nSPS) is 16.3. The Kier molecular flexibility index (Phi) is 3.64. The molecule has 0 saturated heterocycles. The van der Waals surface area contributed by atoms with E-state index < -0.39 is 10.0 Å². The number of hydrogen-bond acceptors (Lipinski definition) is 4. The lowest BCUT2D eigenvalue weighted by atomic mass is 9.86. The van der Waals surface area contributed by atoms with Crippen molar-refractivity contribution in [1.29, 1.82) is 5.26 Å². The third kappa shape index (κ3) is 2.52. The van der Waals surface area contributed by atoms with Crippen LogP contribution in [0.2, 0.25) is 0 Å². The summed E-state index contributed by atoms with van der Waals surface area (Å²) in [4.78, 5) is 3.93.